The van der Waals surface area contributed by atoms with Crippen molar-refractivity contribution in [2.45, 2.75) is 65.0 Å². The summed E-state index contributed by atoms with van der Waals surface area (Å²) < 4.78 is 0. The standard InChI is InChI=1S/C18H28Cl2Si2.Zr/c1-21(2,3)17-11-9-15(19)13(17)7-8-14-16(20)10-12-18(14)22(4,5)6;/h11-12H,7-10H2,1-6H3;. The van der Waals surface area contributed by atoms with E-state index in [0.29, 0.717) is 0 Å². The fourth-order valence-electron chi connectivity index (χ4n) is 3.48. The van der Waals surface area contributed by atoms with Crippen LogP contribution in [0.1, 0.15) is 25.7 Å². The Balaban J connectivity index is 0.00000264. The van der Waals surface area contributed by atoms with Crippen molar-refractivity contribution in [2.24, 2.45) is 0 Å². The van der Waals surface area contributed by atoms with Crippen molar-refractivity contribution in [3.05, 3.63) is 43.8 Å². The van der Waals surface area contributed by atoms with Crippen molar-refractivity contribution in [1.29, 1.82) is 0 Å². The molecule has 2 aliphatic carbocycles. The van der Waals surface area contributed by atoms with Crippen molar-refractivity contribution in [3.63, 3.8) is 0 Å². The molecule has 23 heavy (non-hydrogen) atoms. The first-order chi connectivity index (χ1) is 10.0. The second kappa shape index (κ2) is 8.04. The normalized spacial score (nSPS) is 19.1. The molecule has 0 amide bonds. The summed E-state index contributed by atoms with van der Waals surface area (Å²) in [6, 6.07) is 0. The van der Waals surface area contributed by atoms with Crippen LogP contribution < -0.4 is 0 Å². The maximum absolute atomic E-state index is 6.52. The van der Waals surface area contributed by atoms with Gasteiger partial charge in [-0.05, 0) is 24.0 Å². The SMILES string of the molecule is C[Si](C)(C)C1=CCC(Cl)=C1CCC1=C(Cl)CC=C1[Si](C)(C)C.[Zr]. The molecule has 0 bridgehead atoms. The molecule has 0 aromatic rings. The van der Waals surface area contributed by atoms with Crippen LogP contribution in [-0.4, -0.2) is 16.1 Å². The number of hydrogen-bond donors (Lipinski definition) is 0. The van der Waals surface area contributed by atoms with Gasteiger partial charge in [0, 0.05) is 49.1 Å². The molecule has 0 fully saturated rings. The molecule has 0 aromatic heterocycles. The Hall–Kier alpha value is 0.857. The molecule has 0 saturated heterocycles. The Kier molecular flexibility index (Phi) is 7.65. The summed E-state index contributed by atoms with van der Waals surface area (Å²) in [6.45, 7) is 14.4. The minimum atomic E-state index is -1.31. The summed E-state index contributed by atoms with van der Waals surface area (Å²) >= 11 is 13.0. The van der Waals surface area contributed by atoms with Crippen LogP contribution in [0.15, 0.2) is 43.8 Å². The molecular weight excluding hydrogens is 435 g/mol. The molecule has 2 rings (SSSR count). The fraction of sp³-hybridized carbons (Fsp3) is 0.556. The maximum atomic E-state index is 6.52. The molecule has 0 aromatic carbocycles. The fourth-order valence-corrected chi connectivity index (χ4v) is 7.97. The van der Waals surface area contributed by atoms with Gasteiger partial charge in [0.15, 0.2) is 0 Å². The van der Waals surface area contributed by atoms with E-state index in [0.717, 1.165) is 35.7 Å². The predicted octanol–water partition coefficient (Wildman–Crippen LogP) is 7.16. The quantitative estimate of drug-likeness (QED) is 0.380. The first-order valence-corrected chi connectivity index (χ1v) is 15.9. The molecule has 5 heteroatoms. The Morgan fingerprint density at radius 1 is 0.739 bits per heavy atom. The third kappa shape index (κ3) is 5.17. The minimum absolute atomic E-state index is 0. The smallest absolute Gasteiger partial charge is 0.0776 e. The Morgan fingerprint density at radius 2 is 1.04 bits per heavy atom. The van der Waals surface area contributed by atoms with Gasteiger partial charge in [0.05, 0.1) is 16.1 Å². The van der Waals surface area contributed by atoms with E-state index in [1.807, 2.05) is 0 Å². The third-order valence-electron chi connectivity index (χ3n) is 4.52. The van der Waals surface area contributed by atoms with Crippen LogP contribution in [0.25, 0.3) is 0 Å². The first kappa shape index (κ1) is 21.9. The van der Waals surface area contributed by atoms with Gasteiger partial charge in [0.25, 0.3) is 0 Å². The summed E-state index contributed by atoms with van der Waals surface area (Å²) in [6.07, 6.45) is 8.68. The summed E-state index contributed by atoms with van der Waals surface area (Å²) in [5, 5.41) is 5.24. The van der Waals surface area contributed by atoms with E-state index in [1.54, 1.807) is 10.4 Å². The average Bonchev–Trinajstić information content (AvgIpc) is 2.89. The number of allylic oxidation sites excluding steroid dienone is 8. The zero-order valence-electron chi connectivity index (χ0n) is 15.2. The molecule has 2 aliphatic rings. The number of rotatable bonds is 5. The number of halogens is 2. The van der Waals surface area contributed by atoms with Crippen LogP contribution in [0, 0.1) is 0 Å². The van der Waals surface area contributed by atoms with Gasteiger partial charge in [0.1, 0.15) is 0 Å². The molecule has 0 saturated carbocycles. The number of hydrogen-bond acceptors (Lipinski definition) is 0. The van der Waals surface area contributed by atoms with Crippen LogP contribution >= 0.6 is 23.2 Å². The van der Waals surface area contributed by atoms with Crippen molar-refractivity contribution in [1.82, 2.24) is 0 Å². The molecule has 0 unspecified atom stereocenters. The van der Waals surface area contributed by atoms with Crippen molar-refractivity contribution >= 4 is 39.3 Å². The van der Waals surface area contributed by atoms with E-state index in [9.17, 15) is 0 Å². The summed E-state index contributed by atoms with van der Waals surface area (Å²) in [5.41, 5.74) is 2.83. The van der Waals surface area contributed by atoms with Gasteiger partial charge in [-0.2, -0.15) is 0 Å². The van der Waals surface area contributed by atoms with Crippen LogP contribution in [0.3, 0.4) is 0 Å². The molecule has 0 spiro atoms. The van der Waals surface area contributed by atoms with Gasteiger partial charge in [-0.1, -0.05) is 85.0 Å². The van der Waals surface area contributed by atoms with E-state index in [1.165, 1.54) is 11.1 Å². The molecular formula is C18H28Cl2Si2Zr. The van der Waals surface area contributed by atoms with Crippen molar-refractivity contribution in [2.75, 3.05) is 0 Å². The Labute approximate surface area is 173 Å². The minimum Gasteiger partial charge on any atom is -0.0885 e. The van der Waals surface area contributed by atoms with Crippen LogP contribution in [-0.2, 0) is 26.2 Å². The van der Waals surface area contributed by atoms with Gasteiger partial charge in [-0.15, -0.1) is 0 Å². The van der Waals surface area contributed by atoms with E-state index in [2.05, 4.69) is 51.4 Å². The van der Waals surface area contributed by atoms with E-state index < -0.39 is 16.1 Å². The molecule has 0 N–H and O–H groups in total. The zero-order chi connectivity index (χ0) is 16.7. The van der Waals surface area contributed by atoms with E-state index in [4.69, 9.17) is 23.2 Å². The Bertz CT molecular complexity index is 545. The first-order valence-electron chi connectivity index (χ1n) is 8.19. The van der Waals surface area contributed by atoms with Gasteiger partial charge in [-0.25, -0.2) is 0 Å². The summed E-state index contributed by atoms with van der Waals surface area (Å²) in [4.78, 5) is 0. The second-order valence-corrected chi connectivity index (χ2v) is 19.4. The van der Waals surface area contributed by atoms with Crippen molar-refractivity contribution in [3.8, 4) is 0 Å². The second-order valence-electron chi connectivity index (χ2n) is 8.41. The van der Waals surface area contributed by atoms with E-state index in [-0.39, 0.29) is 26.2 Å². The topological polar surface area (TPSA) is 0 Å². The monoisotopic (exact) mass is 460 g/mol. The van der Waals surface area contributed by atoms with Crippen LogP contribution in [0.4, 0.5) is 0 Å². The van der Waals surface area contributed by atoms with Gasteiger partial charge in [0.2, 0.25) is 0 Å². The zero-order valence-corrected chi connectivity index (χ0v) is 21.2. The van der Waals surface area contributed by atoms with Gasteiger partial charge < -0.3 is 0 Å². The summed E-state index contributed by atoms with van der Waals surface area (Å²) in [5.74, 6) is 0. The average molecular weight is 463 g/mol. The molecule has 0 aliphatic heterocycles. The largest absolute Gasteiger partial charge is 0.0885 e. The molecule has 0 nitrogen and oxygen atoms in total. The molecule has 0 heterocycles. The van der Waals surface area contributed by atoms with Crippen molar-refractivity contribution < 1.29 is 26.2 Å². The molecule has 126 valence electrons. The Morgan fingerprint density at radius 3 is 1.30 bits per heavy atom. The third-order valence-corrected chi connectivity index (χ3v) is 9.53. The van der Waals surface area contributed by atoms with E-state index >= 15 is 0 Å². The maximum Gasteiger partial charge on any atom is 0.0776 e. The van der Waals surface area contributed by atoms with Gasteiger partial charge >= 0.3 is 0 Å². The molecule has 0 radical (unpaired) electrons. The summed E-state index contributed by atoms with van der Waals surface area (Å²) in [7, 11) is -2.63. The van der Waals surface area contributed by atoms with Crippen LogP contribution in [0.2, 0.25) is 39.3 Å². The van der Waals surface area contributed by atoms with Crippen LogP contribution in [0.5, 0.6) is 0 Å². The van der Waals surface area contributed by atoms with Gasteiger partial charge in [-0.3, -0.25) is 0 Å². The predicted molar refractivity (Wildman–Crippen MR) is 107 cm³/mol. The molecule has 0 atom stereocenters.